The van der Waals surface area contributed by atoms with Crippen molar-refractivity contribution in [1.29, 1.82) is 0 Å². The van der Waals surface area contributed by atoms with Crippen LogP contribution in [0.25, 0.3) is 0 Å². The molecule has 2 heterocycles. The molecule has 0 aromatic heterocycles. The second-order valence-electron chi connectivity index (χ2n) is 4.21. The lowest BCUT2D eigenvalue weighted by Gasteiger charge is -2.30. The molecule has 2 unspecified atom stereocenters. The molecule has 2 atom stereocenters. The molecule has 4 nitrogen and oxygen atoms in total. The monoisotopic (exact) mass is 219 g/mol. The van der Waals surface area contributed by atoms with Gasteiger partial charge in [0.1, 0.15) is 11.9 Å². The zero-order chi connectivity index (χ0) is 11.3. The van der Waals surface area contributed by atoms with Crippen LogP contribution in [0.15, 0.2) is 18.2 Å². The lowest BCUT2D eigenvalue weighted by molar-refractivity contribution is -0.125. The SMILES string of the molecule is CC1Oc2ccc(C3CO3)cc2N(C)C1=O. The van der Waals surface area contributed by atoms with Crippen LogP contribution in [0.5, 0.6) is 5.75 Å². The first kappa shape index (κ1) is 9.66. The van der Waals surface area contributed by atoms with E-state index in [0.29, 0.717) is 0 Å². The Bertz CT molecular complexity index is 454. The molecule has 1 saturated heterocycles. The number of carbonyl (C=O) groups excluding carboxylic acids is 1. The summed E-state index contributed by atoms with van der Waals surface area (Å²) in [6.45, 7) is 2.54. The Balaban J connectivity index is 2.03. The van der Waals surface area contributed by atoms with Gasteiger partial charge in [-0.15, -0.1) is 0 Å². The highest BCUT2D eigenvalue weighted by molar-refractivity contribution is 5.99. The standard InChI is InChI=1S/C12H13NO3/c1-7-12(14)13(2)9-5-8(11-6-15-11)3-4-10(9)16-7/h3-5,7,11H,6H2,1-2H3. The Morgan fingerprint density at radius 3 is 2.88 bits per heavy atom. The molecule has 0 N–H and O–H groups in total. The Labute approximate surface area is 93.8 Å². The maximum atomic E-state index is 11.8. The van der Waals surface area contributed by atoms with E-state index in [1.54, 1.807) is 18.9 Å². The quantitative estimate of drug-likeness (QED) is 0.672. The zero-order valence-corrected chi connectivity index (χ0v) is 9.27. The summed E-state index contributed by atoms with van der Waals surface area (Å²) in [4.78, 5) is 13.4. The molecule has 16 heavy (non-hydrogen) atoms. The number of benzene rings is 1. The predicted molar refractivity (Wildman–Crippen MR) is 58.6 cm³/mol. The Morgan fingerprint density at radius 2 is 2.19 bits per heavy atom. The summed E-state index contributed by atoms with van der Waals surface area (Å²) < 4.78 is 10.8. The summed E-state index contributed by atoms with van der Waals surface area (Å²) in [5, 5.41) is 0. The first-order chi connectivity index (χ1) is 7.66. The molecule has 0 spiro atoms. The topological polar surface area (TPSA) is 42.1 Å². The minimum absolute atomic E-state index is 0.0126. The van der Waals surface area contributed by atoms with E-state index in [4.69, 9.17) is 9.47 Å². The van der Waals surface area contributed by atoms with Crippen molar-refractivity contribution >= 4 is 11.6 Å². The third-order valence-electron chi connectivity index (χ3n) is 3.03. The Hall–Kier alpha value is -1.55. The molecule has 1 aromatic rings. The van der Waals surface area contributed by atoms with Crippen LogP contribution in [-0.2, 0) is 9.53 Å². The summed E-state index contributed by atoms with van der Waals surface area (Å²) in [6, 6.07) is 5.87. The van der Waals surface area contributed by atoms with E-state index in [2.05, 4.69) is 0 Å². The number of anilines is 1. The molecular weight excluding hydrogens is 206 g/mol. The van der Waals surface area contributed by atoms with Crippen molar-refractivity contribution in [3.05, 3.63) is 23.8 Å². The molecule has 0 saturated carbocycles. The fourth-order valence-electron chi connectivity index (χ4n) is 1.97. The number of carbonyl (C=O) groups is 1. The minimum atomic E-state index is -0.402. The van der Waals surface area contributed by atoms with Crippen molar-refractivity contribution in [2.45, 2.75) is 19.1 Å². The summed E-state index contributed by atoms with van der Waals surface area (Å²) in [6.07, 6.45) is -0.200. The smallest absolute Gasteiger partial charge is 0.267 e. The average Bonchev–Trinajstić information content (AvgIpc) is 3.10. The van der Waals surface area contributed by atoms with E-state index in [-0.39, 0.29) is 12.0 Å². The zero-order valence-electron chi connectivity index (χ0n) is 9.27. The molecule has 84 valence electrons. The van der Waals surface area contributed by atoms with Crippen LogP contribution < -0.4 is 9.64 Å². The average molecular weight is 219 g/mol. The molecule has 2 aliphatic heterocycles. The lowest BCUT2D eigenvalue weighted by atomic mass is 10.1. The van der Waals surface area contributed by atoms with Crippen LogP contribution in [0.2, 0.25) is 0 Å². The fraction of sp³-hybridized carbons (Fsp3) is 0.417. The Kier molecular flexibility index (Phi) is 1.94. The number of rotatable bonds is 1. The van der Waals surface area contributed by atoms with Gasteiger partial charge < -0.3 is 14.4 Å². The van der Waals surface area contributed by atoms with Gasteiger partial charge in [0, 0.05) is 7.05 Å². The Morgan fingerprint density at radius 1 is 1.44 bits per heavy atom. The second-order valence-corrected chi connectivity index (χ2v) is 4.21. The van der Waals surface area contributed by atoms with Crippen molar-refractivity contribution in [3.8, 4) is 5.75 Å². The van der Waals surface area contributed by atoms with Crippen molar-refractivity contribution in [2.24, 2.45) is 0 Å². The summed E-state index contributed by atoms with van der Waals surface area (Å²) in [5.74, 6) is 0.750. The van der Waals surface area contributed by atoms with E-state index in [9.17, 15) is 4.79 Å². The van der Waals surface area contributed by atoms with Gasteiger partial charge in [0.05, 0.1) is 12.3 Å². The molecule has 1 aromatic carbocycles. The number of amides is 1. The number of hydrogen-bond acceptors (Lipinski definition) is 3. The van der Waals surface area contributed by atoms with Crippen LogP contribution in [0.3, 0.4) is 0 Å². The van der Waals surface area contributed by atoms with Gasteiger partial charge in [0.2, 0.25) is 0 Å². The van der Waals surface area contributed by atoms with Gasteiger partial charge in [-0.1, -0.05) is 6.07 Å². The summed E-state index contributed by atoms with van der Waals surface area (Å²) in [7, 11) is 1.78. The number of fused-ring (bicyclic) bond motifs is 1. The van der Waals surface area contributed by atoms with E-state index >= 15 is 0 Å². The first-order valence-corrected chi connectivity index (χ1v) is 5.36. The number of ether oxygens (including phenoxy) is 2. The fourth-order valence-corrected chi connectivity index (χ4v) is 1.97. The highest BCUT2D eigenvalue weighted by Crippen LogP contribution is 2.38. The van der Waals surface area contributed by atoms with Gasteiger partial charge in [0.15, 0.2) is 6.10 Å². The van der Waals surface area contributed by atoms with Gasteiger partial charge in [-0.05, 0) is 24.6 Å². The van der Waals surface area contributed by atoms with Gasteiger partial charge in [-0.2, -0.15) is 0 Å². The predicted octanol–water partition coefficient (Wildman–Crippen LogP) is 1.50. The van der Waals surface area contributed by atoms with Crippen LogP contribution in [0.1, 0.15) is 18.6 Å². The summed E-state index contributed by atoms with van der Waals surface area (Å²) in [5.41, 5.74) is 1.94. The van der Waals surface area contributed by atoms with E-state index in [0.717, 1.165) is 23.6 Å². The van der Waals surface area contributed by atoms with E-state index in [1.807, 2.05) is 18.2 Å². The normalized spacial score (nSPS) is 27.4. The molecule has 1 amide bonds. The number of likely N-dealkylation sites (N-methyl/N-ethyl adjacent to an activating group) is 1. The van der Waals surface area contributed by atoms with Crippen LogP contribution in [0, 0.1) is 0 Å². The molecule has 0 radical (unpaired) electrons. The molecule has 2 aliphatic rings. The lowest BCUT2D eigenvalue weighted by Crippen LogP contribution is -2.41. The van der Waals surface area contributed by atoms with Crippen molar-refractivity contribution in [3.63, 3.8) is 0 Å². The van der Waals surface area contributed by atoms with Crippen LogP contribution in [0.4, 0.5) is 5.69 Å². The second kappa shape index (κ2) is 3.22. The summed E-state index contributed by atoms with van der Waals surface area (Å²) >= 11 is 0. The molecule has 3 rings (SSSR count). The van der Waals surface area contributed by atoms with Gasteiger partial charge in [0.25, 0.3) is 5.91 Å². The number of nitrogens with zero attached hydrogens (tertiary/aromatic N) is 1. The molecule has 0 aliphatic carbocycles. The highest BCUT2D eigenvalue weighted by Gasteiger charge is 2.31. The van der Waals surface area contributed by atoms with Crippen LogP contribution >= 0.6 is 0 Å². The number of hydrogen-bond donors (Lipinski definition) is 0. The third-order valence-corrected chi connectivity index (χ3v) is 3.03. The minimum Gasteiger partial charge on any atom is -0.479 e. The van der Waals surface area contributed by atoms with Crippen LogP contribution in [-0.4, -0.2) is 25.7 Å². The number of epoxide rings is 1. The highest BCUT2D eigenvalue weighted by atomic mass is 16.6. The van der Waals surface area contributed by atoms with Gasteiger partial charge in [-0.3, -0.25) is 4.79 Å². The molecule has 0 bridgehead atoms. The van der Waals surface area contributed by atoms with Gasteiger partial charge in [-0.25, -0.2) is 0 Å². The van der Waals surface area contributed by atoms with Gasteiger partial charge >= 0.3 is 0 Å². The first-order valence-electron chi connectivity index (χ1n) is 5.36. The van der Waals surface area contributed by atoms with E-state index in [1.165, 1.54) is 0 Å². The van der Waals surface area contributed by atoms with Crippen molar-refractivity contribution < 1.29 is 14.3 Å². The van der Waals surface area contributed by atoms with Crippen molar-refractivity contribution in [1.82, 2.24) is 0 Å². The molecule has 1 fully saturated rings. The molecule has 4 heteroatoms. The molecular formula is C12H13NO3. The van der Waals surface area contributed by atoms with E-state index < -0.39 is 6.10 Å². The van der Waals surface area contributed by atoms with Crippen molar-refractivity contribution in [2.75, 3.05) is 18.6 Å². The maximum absolute atomic E-state index is 11.8. The third kappa shape index (κ3) is 1.38. The largest absolute Gasteiger partial charge is 0.479 e. The maximum Gasteiger partial charge on any atom is 0.267 e.